The van der Waals surface area contributed by atoms with E-state index in [4.69, 9.17) is 4.42 Å². The average Bonchev–Trinajstić information content (AvgIpc) is 3.37. The second-order valence-corrected chi connectivity index (χ2v) is 6.41. The van der Waals surface area contributed by atoms with Gasteiger partial charge in [0, 0.05) is 11.1 Å². The molecular formula is C17H15N5OS. The molecule has 7 heteroatoms. The summed E-state index contributed by atoms with van der Waals surface area (Å²) in [6.07, 6.45) is 4.50. The van der Waals surface area contributed by atoms with Crippen molar-refractivity contribution < 1.29 is 4.42 Å². The summed E-state index contributed by atoms with van der Waals surface area (Å²) in [6.45, 7) is 2.65. The molecule has 1 aromatic carbocycles. The molecule has 0 unspecified atom stereocenters. The van der Waals surface area contributed by atoms with Crippen LogP contribution in [0.25, 0.3) is 22.6 Å². The maximum Gasteiger partial charge on any atom is 0.139 e. The topological polar surface area (TPSA) is 69.6 Å². The SMILES string of the molecule is CCc1nnc(Cn2cc(-c3ccccc3-c3ccco3)nn2)s1. The molecule has 120 valence electrons. The summed E-state index contributed by atoms with van der Waals surface area (Å²) in [6, 6.07) is 11.8. The zero-order chi connectivity index (χ0) is 16.4. The van der Waals surface area contributed by atoms with E-state index in [2.05, 4.69) is 27.4 Å². The predicted molar refractivity (Wildman–Crippen MR) is 91.5 cm³/mol. The number of furan rings is 1. The molecule has 0 spiro atoms. The van der Waals surface area contributed by atoms with Crippen LogP contribution in [0, 0.1) is 0 Å². The van der Waals surface area contributed by atoms with E-state index in [1.54, 1.807) is 22.3 Å². The zero-order valence-electron chi connectivity index (χ0n) is 13.1. The molecule has 0 aliphatic carbocycles. The third-order valence-electron chi connectivity index (χ3n) is 3.64. The highest BCUT2D eigenvalue weighted by atomic mass is 32.1. The number of benzene rings is 1. The van der Waals surface area contributed by atoms with Crippen LogP contribution in [0.2, 0.25) is 0 Å². The molecule has 24 heavy (non-hydrogen) atoms. The van der Waals surface area contributed by atoms with Crippen molar-refractivity contribution in [2.24, 2.45) is 0 Å². The van der Waals surface area contributed by atoms with E-state index in [9.17, 15) is 0 Å². The van der Waals surface area contributed by atoms with Crippen LogP contribution in [-0.2, 0) is 13.0 Å². The zero-order valence-corrected chi connectivity index (χ0v) is 13.9. The van der Waals surface area contributed by atoms with Crippen LogP contribution in [0.5, 0.6) is 0 Å². The molecule has 0 N–H and O–H groups in total. The van der Waals surface area contributed by atoms with Crippen molar-refractivity contribution in [1.29, 1.82) is 0 Å². The molecule has 0 radical (unpaired) electrons. The van der Waals surface area contributed by atoms with Gasteiger partial charge in [0.1, 0.15) is 21.5 Å². The van der Waals surface area contributed by atoms with Gasteiger partial charge in [0.05, 0.1) is 19.0 Å². The second-order valence-electron chi connectivity index (χ2n) is 5.27. The number of aryl methyl sites for hydroxylation is 1. The Bertz CT molecular complexity index is 941. The van der Waals surface area contributed by atoms with Gasteiger partial charge in [-0.1, -0.05) is 47.7 Å². The monoisotopic (exact) mass is 337 g/mol. The highest BCUT2D eigenvalue weighted by Crippen LogP contribution is 2.30. The first-order valence-corrected chi connectivity index (χ1v) is 8.50. The third kappa shape index (κ3) is 2.85. The number of nitrogens with zero attached hydrogens (tertiary/aromatic N) is 5. The first kappa shape index (κ1) is 14.8. The number of hydrogen-bond donors (Lipinski definition) is 0. The number of rotatable bonds is 5. The Labute approximate surface area is 142 Å². The Morgan fingerprint density at radius 1 is 1.00 bits per heavy atom. The van der Waals surface area contributed by atoms with Crippen molar-refractivity contribution in [3.05, 3.63) is 58.9 Å². The molecule has 0 saturated carbocycles. The first-order valence-electron chi connectivity index (χ1n) is 7.68. The van der Waals surface area contributed by atoms with Crippen LogP contribution in [-0.4, -0.2) is 25.2 Å². The van der Waals surface area contributed by atoms with Crippen LogP contribution in [0.3, 0.4) is 0 Å². The number of aromatic nitrogens is 5. The first-order chi connectivity index (χ1) is 11.8. The van der Waals surface area contributed by atoms with Crippen LogP contribution in [0.4, 0.5) is 0 Å². The van der Waals surface area contributed by atoms with Crippen molar-refractivity contribution in [3.8, 4) is 22.6 Å². The maximum absolute atomic E-state index is 5.53. The van der Waals surface area contributed by atoms with E-state index in [-0.39, 0.29) is 0 Å². The molecule has 0 amide bonds. The Hall–Kier alpha value is -2.80. The molecule has 3 aromatic heterocycles. The van der Waals surface area contributed by atoms with E-state index in [1.807, 2.05) is 42.6 Å². The summed E-state index contributed by atoms with van der Waals surface area (Å²) in [5.74, 6) is 0.817. The van der Waals surface area contributed by atoms with Crippen molar-refractivity contribution in [3.63, 3.8) is 0 Å². The summed E-state index contributed by atoms with van der Waals surface area (Å²) in [4.78, 5) is 0. The minimum absolute atomic E-state index is 0.577. The lowest BCUT2D eigenvalue weighted by atomic mass is 10.0. The molecule has 0 saturated heterocycles. The van der Waals surface area contributed by atoms with Gasteiger partial charge in [0.15, 0.2) is 0 Å². The van der Waals surface area contributed by atoms with E-state index in [1.165, 1.54) is 0 Å². The molecule has 4 aromatic rings. The van der Waals surface area contributed by atoms with Crippen molar-refractivity contribution >= 4 is 11.3 Å². The van der Waals surface area contributed by atoms with E-state index < -0.39 is 0 Å². The van der Waals surface area contributed by atoms with Gasteiger partial charge in [-0.05, 0) is 18.6 Å². The molecule has 4 rings (SSSR count). The molecule has 0 fully saturated rings. The van der Waals surface area contributed by atoms with Gasteiger partial charge < -0.3 is 4.42 Å². The minimum atomic E-state index is 0.577. The average molecular weight is 337 g/mol. The molecule has 6 nitrogen and oxygen atoms in total. The smallest absolute Gasteiger partial charge is 0.139 e. The summed E-state index contributed by atoms with van der Waals surface area (Å²) >= 11 is 1.61. The van der Waals surface area contributed by atoms with Crippen molar-refractivity contribution in [2.45, 2.75) is 19.9 Å². The van der Waals surface area contributed by atoms with Crippen LogP contribution < -0.4 is 0 Å². The van der Waals surface area contributed by atoms with Crippen LogP contribution in [0.15, 0.2) is 53.3 Å². The highest BCUT2D eigenvalue weighted by Gasteiger charge is 2.13. The Morgan fingerprint density at radius 2 is 1.83 bits per heavy atom. The lowest BCUT2D eigenvalue weighted by Crippen LogP contribution is -1.99. The minimum Gasteiger partial charge on any atom is -0.464 e. The summed E-state index contributed by atoms with van der Waals surface area (Å²) < 4.78 is 7.31. The summed E-state index contributed by atoms with van der Waals surface area (Å²) in [5.41, 5.74) is 2.80. The van der Waals surface area contributed by atoms with Gasteiger partial charge in [-0.15, -0.1) is 15.3 Å². The number of hydrogen-bond acceptors (Lipinski definition) is 6. The van der Waals surface area contributed by atoms with Crippen molar-refractivity contribution in [2.75, 3.05) is 0 Å². The fraction of sp³-hybridized carbons (Fsp3) is 0.176. The van der Waals surface area contributed by atoms with E-state index in [0.717, 1.165) is 39.0 Å². The largest absolute Gasteiger partial charge is 0.464 e. The maximum atomic E-state index is 5.53. The van der Waals surface area contributed by atoms with Gasteiger partial charge >= 0.3 is 0 Å². The molecule has 0 aliphatic rings. The molecule has 0 bridgehead atoms. The molecular weight excluding hydrogens is 322 g/mol. The Morgan fingerprint density at radius 3 is 2.58 bits per heavy atom. The van der Waals surface area contributed by atoms with E-state index >= 15 is 0 Å². The van der Waals surface area contributed by atoms with Crippen LogP contribution in [0.1, 0.15) is 16.9 Å². The van der Waals surface area contributed by atoms with Gasteiger partial charge in [-0.25, -0.2) is 4.68 Å². The van der Waals surface area contributed by atoms with Crippen LogP contribution >= 0.6 is 11.3 Å². The lowest BCUT2D eigenvalue weighted by Gasteiger charge is -2.03. The summed E-state index contributed by atoms with van der Waals surface area (Å²) in [7, 11) is 0. The fourth-order valence-corrected chi connectivity index (χ4v) is 3.26. The highest BCUT2D eigenvalue weighted by molar-refractivity contribution is 7.11. The third-order valence-corrected chi connectivity index (χ3v) is 4.69. The lowest BCUT2D eigenvalue weighted by molar-refractivity contribution is 0.582. The quantitative estimate of drug-likeness (QED) is 0.556. The van der Waals surface area contributed by atoms with E-state index in [0.29, 0.717) is 6.54 Å². The van der Waals surface area contributed by atoms with Gasteiger partial charge in [0.25, 0.3) is 0 Å². The Balaban J connectivity index is 1.63. The van der Waals surface area contributed by atoms with Gasteiger partial charge in [-0.3, -0.25) is 0 Å². The Kier molecular flexibility index (Phi) is 3.92. The van der Waals surface area contributed by atoms with Crippen molar-refractivity contribution in [1.82, 2.24) is 25.2 Å². The second kappa shape index (κ2) is 6.37. The normalized spacial score (nSPS) is 11.0. The molecule has 3 heterocycles. The molecule has 0 aliphatic heterocycles. The summed E-state index contributed by atoms with van der Waals surface area (Å²) in [5, 5.41) is 18.8. The van der Waals surface area contributed by atoms with Gasteiger partial charge in [-0.2, -0.15) is 0 Å². The standard InChI is InChI=1S/C17H15N5OS/c1-2-16-19-20-17(24-16)11-22-10-14(18-21-22)12-6-3-4-7-13(12)15-8-5-9-23-15/h3-10H,2,11H2,1H3. The molecule has 0 atom stereocenters. The predicted octanol–water partition coefficient (Wildman–Crippen LogP) is 3.67. The fourth-order valence-electron chi connectivity index (χ4n) is 2.49. The van der Waals surface area contributed by atoms with Gasteiger partial charge in [0.2, 0.25) is 0 Å².